The van der Waals surface area contributed by atoms with Crippen LogP contribution in [-0.2, 0) is 6.54 Å². The minimum Gasteiger partial charge on any atom is -0.366 e. The maximum atomic E-state index is 11.1. The van der Waals surface area contributed by atoms with Gasteiger partial charge in [0.15, 0.2) is 0 Å². The zero-order chi connectivity index (χ0) is 12.3. The molecular formula is C13H19N3O. The third-order valence-corrected chi connectivity index (χ3v) is 3.24. The van der Waals surface area contributed by atoms with Gasteiger partial charge in [0.25, 0.3) is 0 Å². The lowest BCUT2D eigenvalue weighted by Crippen LogP contribution is -2.49. The summed E-state index contributed by atoms with van der Waals surface area (Å²) in [6.07, 6.45) is 0. The smallest absolute Gasteiger partial charge is 0.248 e. The second-order valence-electron chi connectivity index (χ2n) is 4.59. The number of benzene rings is 1. The van der Waals surface area contributed by atoms with Crippen LogP contribution in [0.3, 0.4) is 0 Å². The van der Waals surface area contributed by atoms with Gasteiger partial charge in [-0.1, -0.05) is 12.1 Å². The Morgan fingerprint density at radius 1 is 1.59 bits per heavy atom. The Morgan fingerprint density at radius 3 is 3.12 bits per heavy atom. The van der Waals surface area contributed by atoms with E-state index in [4.69, 9.17) is 5.73 Å². The monoisotopic (exact) mass is 233 g/mol. The third kappa shape index (κ3) is 3.05. The molecule has 17 heavy (non-hydrogen) atoms. The number of hydrogen-bond acceptors (Lipinski definition) is 3. The number of nitrogens with one attached hydrogen (secondary N) is 1. The molecule has 1 aromatic carbocycles. The largest absolute Gasteiger partial charge is 0.366 e. The quantitative estimate of drug-likeness (QED) is 0.803. The van der Waals surface area contributed by atoms with Crippen molar-refractivity contribution in [1.82, 2.24) is 10.2 Å². The van der Waals surface area contributed by atoms with Crippen LogP contribution in [0, 0.1) is 0 Å². The number of rotatable bonds is 3. The van der Waals surface area contributed by atoms with Gasteiger partial charge in [-0.3, -0.25) is 9.69 Å². The molecule has 1 atom stereocenters. The van der Waals surface area contributed by atoms with Crippen LogP contribution in [0.5, 0.6) is 0 Å². The first-order valence-electron chi connectivity index (χ1n) is 6.00. The van der Waals surface area contributed by atoms with E-state index in [1.807, 2.05) is 18.2 Å². The SMILES string of the molecule is CC1CNCCN1Cc1cccc(C(N)=O)c1. The second-order valence-corrected chi connectivity index (χ2v) is 4.59. The van der Waals surface area contributed by atoms with Crippen LogP contribution in [0.15, 0.2) is 24.3 Å². The Morgan fingerprint density at radius 2 is 2.41 bits per heavy atom. The minimum atomic E-state index is -0.361. The number of primary amides is 1. The molecule has 0 aliphatic carbocycles. The summed E-state index contributed by atoms with van der Waals surface area (Å²) in [5.41, 5.74) is 7.02. The van der Waals surface area contributed by atoms with Gasteiger partial charge in [0.05, 0.1) is 0 Å². The lowest BCUT2D eigenvalue weighted by molar-refractivity contribution is 0.1000. The lowest BCUT2D eigenvalue weighted by Gasteiger charge is -2.33. The topological polar surface area (TPSA) is 58.4 Å². The van der Waals surface area contributed by atoms with Gasteiger partial charge >= 0.3 is 0 Å². The maximum absolute atomic E-state index is 11.1. The van der Waals surface area contributed by atoms with Crippen molar-refractivity contribution >= 4 is 5.91 Å². The van der Waals surface area contributed by atoms with Gasteiger partial charge in [0.1, 0.15) is 0 Å². The molecule has 1 aromatic rings. The summed E-state index contributed by atoms with van der Waals surface area (Å²) >= 11 is 0. The first-order chi connectivity index (χ1) is 8.16. The van der Waals surface area contributed by atoms with E-state index in [9.17, 15) is 4.79 Å². The normalized spacial score (nSPS) is 21.4. The van der Waals surface area contributed by atoms with Crippen molar-refractivity contribution in [2.45, 2.75) is 19.5 Å². The summed E-state index contributed by atoms with van der Waals surface area (Å²) in [6.45, 7) is 6.19. The molecule has 1 fully saturated rings. The molecule has 4 heteroatoms. The number of nitrogens with two attached hydrogens (primary N) is 1. The van der Waals surface area contributed by atoms with Crippen LogP contribution in [0.25, 0.3) is 0 Å². The lowest BCUT2D eigenvalue weighted by atomic mass is 10.1. The van der Waals surface area contributed by atoms with E-state index in [2.05, 4.69) is 17.1 Å². The Balaban J connectivity index is 2.07. The van der Waals surface area contributed by atoms with E-state index < -0.39 is 0 Å². The summed E-state index contributed by atoms with van der Waals surface area (Å²) in [5, 5.41) is 3.36. The van der Waals surface area contributed by atoms with Crippen LogP contribution < -0.4 is 11.1 Å². The number of piperazine rings is 1. The molecule has 1 unspecified atom stereocenters. The van der Waals surface area contributed by atoms with E-state index in [0.717, 1.165) is 31.7 Å². The zero-order valence-corrected chi connectivity index (χ0v) is 10.1. The van der Waals surface area contributed by atoms with E-state index in [1.54, 1.807) is 6.07 Å². The van der Waals surface area contributed by atoms with Crippen molar-refractivity contribution in [2.24, 2.45) is 5.73 Å². The number of amides is 1. The molecule has 3 N–H and O–H groups in total. The van der Waals surface area contributed by atoms with Crippen molar-refractivity contribution in [3.8, 4) is 0 Å². The van der Waals surface area contributed by atoms with Crippen molar-refractivity contribution in [3.05, 3.63) is 35.4 Å². The average Bonchev–Trinajstić information content (AvgIpc) is 2.32. The third-order valence-electron chi connectivity index (χ3n) is 3.24. The second kappa shape index (κ2) is 5.29. The summed E-state index contributed by atoms with van der Waals surface area (Å²) < 4.78 is 0. The van der Waals surface area contributed by atoms with Crippen molar-refractivity contribution < 1.29 is 4.79 Å². The molecule has 92 valence electrons. The van der Waals surface area contributed by atoms with Crippen molar-refractivity contribution in [2.75, 3.05) is 19.6 Å². The van der Waals surface area contributed by atoms with Gasteiger partial charge in [-0.2, -0.15) is 0 Å². The number of carbonyl (C=O) groups excluding carboxylic acids is 1. The molecule has 1 aliphatic rings. The summed E-state index contributed by atoms with van der Waals surface area (Å²) in [5.74, 6) is -0.361. The van der Waals surface area contributed by atoms with Crippen LogP contribution in [0.2, 0.25) is 0 Å². The van der Waals surface area contributed by atoms with E-state index in [1.165, 1.54) is 0 Å². The van der Waals surface area contributed by atoms with Gasteiger partial charge in [-0.15, -0.1) is 0 Å². The molecule has 0 radical (unpaired) electrons. The highest BCUT2D eigenvalue weighted by Gasteiger charge is 2.17. The Bertz CT molecular complexity index is 405. The molecule has 1 saturated heterocycles. The summed E-state index contributed by atoms with van der Waals surface area (Å²) in [6, 6.07) is 8.11. The maximum Gasteiger partial charge on any atom is 0.248 e. The highest BCUT2D eigenvalue weighted by molar-refractivity contribution is 5.92. The molecule has 0 spiro atoms. The number of carbonyl (C=O) groups is 1. The van der Waals surface area contributed by atoms with Gasteiger partial charge in [-0.05, 0) is 24.6 Å². The highest BCUT2D eigenvalue weighted by Crippen LogP contribution is 2.11. The fourth-order valence-corrected chi connectivity index (χ4v) is 2.18. The first-order valence-corrected chi connectivity index (χ1v) is 6.00. The number of nitrogens with zero attached hydrogens (tertiary/aromatic N) is 1. The van der Waals surface area contributed by atoms with Crippen molar-refractivity contribution in [3.63, 3.8) is 0 Å². The van der Waals surface area contributed by atoms with Gasteiger partial charge in [-0.25, -0.2) is 0 Å². The Labute approximate surface area is 102 Å². The van der Waals surface area contributed by atoms with Gasteiger partial charge < -0.3 is 11.1 Å². The molecule has 4 nitrogen and oxygen atoms in total. The molecule has 0 saturated carbocycles. The molecule has 0 bridgehead atoms. The van der Waals surface area contributed by atoms with Gasteiger partial charge in [0.2, 0.25) is 5.91 Å². The van der Waals surface area contributed by atoms with Crippen LogP contribution >= 0.6 is 0 Å². The number of hydrogen-bond donors (Lipinski definition) is 2. The van der Waals surface area contributed by atoms with E-state index in [0.29, 0.717) is 11.6 Å². The zero-order valence-electron chi connectivity index (χ0n) is 10.1. The average molecular weight is 233 g/mol. The van der Waals surface area contributed by atoms with E-state index >= 15 is 0 Å². The molecular weight excluding hydrogens is 214 g/mol. The molecule has 0 aromatic heterocycles. The highest BCUT2D eigenvalue weighted by atomic mass is 16.1. The Hall–Kier alpha value is -1.39. The molecule has 1 amide bonds. The summed E-state index contributed by atoms with van der Waals surface area (Å²) in [4.78, 5) is 13.5. The fourth-order valence-electron chi connectivity index (χ4n) is 2.18. The minimum absolute atomic E-state index is 0.361. The van der Waals surface area contributed by atoms with Crippen LogP contribution in [0.1, 0.15) is 22.8 Å². The van der Waals surface area contributed by atoms with Gasteiger partial charge in [0, 0.05) is 37.8 Å². The van der Waals surface area contributed by atoms with Crippen LogP contribution in [-0.4, -0.2) is 36.5 Å². The standard InChI is InChI=1S/C13H19N3O/c1-10-8-15-5-6-16(10)9-11-3-2-4-12(7-11)13(14)17/h2-4,7,10,15H,5-6,8-9H2,1H3,(H2,14,17). The molecule has 1 heterocycles. The predicted molar refractivity (Wildman–Crippen MR) is 67.7 cm³/mol. The summed E-state index contributed by atoms with van der Waals surface area (Å²) in [7, 11) is 0. The molecule has 1 aliphatic heterocycles. The molecule has 2 rings (SSSR count). The van der Waals surface area contributed by atoms with Crippen LogP contribution in [0.4, 0.5) is 0 Å². The Kier molecular flexibility index (Phi) is 3.76. The first kappa shape index (κ1) is 12.1. The fraction of sp³-hybridized carbons (Fsp3) is 0.462. The van der Waals surface area contributed by atoms with Crippen molar-refractivity contribution in [1.29, 1.82) is 0 Å². The predicted octanol–water partition coefficient (Wildman–Crippen LogP) is 0.579. The van der Waals surface area contributed by atoms with E-state index in [-0.39, 0.29) is 5.91 Å².